The lowest BCUT2D eigenvalue weighted by Crippen LogP contribution is -2.48. The van der Waals surface area contributed by atoms with Crippen LogP contribution in [-0.4, -0.2) is 56.2 Å². The first-order valence-electron chi connectivity index (χ1n) is 10.1. The van der Waals surface area contributed by atoms with Crippen molar-refractivity contribution in [1.82, 2.24) is 9.62 Å². The maximum Gasteiger partial charge on any atom is 0.251 e. The molecule has 162 valence electrons. The van der Waals surface area contributed by atoms with Gasteiger partial charge in [0.1, 0.15) is 0 Å². The molecule has 2 aromatic carbocycles. The number of carbonyl (C=O) groups excluding carboxylic acids is 1. The molecule has 0 radical (unpaired) electrons. The number of amides is 1. The highest BCUT2D eigenvalue weighted by atomic mass is 32.2. The third-order valence-corrected chi connectivity index (χ3v) is 7.70. The van der Waals surface area contributed by atoms with Gasteiger partial charge in [-0.25, -0.2) is 8.42 Å². The van der Waals surface area contributed by atoms with Crippen molar-refractivity contribution in [2.45, 2.75) is 42.3 Å². The van der Waals surface area contributed by atoms with Gasteiger partial charge in [-0.1, -0.05) is 18.2 Å². The van der Waals surface area contributed by atoms with E-state index in [0.717, 1.165) is 12.2 Å². The maximum atomic E-state index is 12.9. The summed E-state index contributed by atoms with van der Waals surface area (Å²) in [5, 5.41) is 2.89. The summed E-state index contributed by atoms with van der Waals surface area (Å²) in [4.78, 5) is 13.7. The van der Waals surface area contributed by atoms with E-state index in [1.54, 1.807) is 23.9 Å². The Kier molecular flexibility index (Phi) is 7.93. The van der Waals surface area contributed by atoms with Crippen LogP contribution in [-0.2, 0) is 14.8 Å². The van der Waals surface area contributed by atoms with Gasteiger partial charge in [0.15, 0.2) is 0 Å². The first kappa shape index (κ1) is 22.8. The van der Waals surface area contributed by atoms with Gasteiger partial charge in [0.25, 0.3) is 5.91 Å². The van der Waals surface area contributed by atoms with Crippen LogP contribution in [0.2, 0.25) is 0 Å². The second-order valence-corrected chi connectivity index (χ2v) is 10.5. The molecule has 0 unspecified atom stereocenters. The van der Waals surface area contributed by atoms with Crippen molar-refractivity contribution in [3.63, 3.8) is 0 Å². The van der Waals surface area contributed by atoms with E-state index in [0.29, 0.717) is 25.2 Å². The van der Waals surface area contributed by atoms with Crippen LogP contribution in [0.1, 0.15) is 30.6 Å². The highest BCUT2D eigenvalue weighted by Gasteiger charge is 2.32. The average molecular weight is 449 g/mol. The predicted octanol–water partition coefficient (Wildman–Crippen LogP) is 3.40. The van der Waals surface area contributed by atoms with E-state index >= 15 is 0 Å². The summed E-state index contributed by atoms with van der Waals surface area (Å²) in [5.41, 5.74) is 0.452. The van der Waals surface area contributed by atoms with Gasteiger partial charge in [-0.3, -0.25) is 4.79 Å². The van der Waals surface area contributed by atoms with Gasteiger partial charge < -0.3 is 10.1 Å². The predicted molar refractivity (Wildman–Crippen MR) is 119 cm³/mol. The molecule has 6 nitrogen and oxygen atoms in total. The summed E-state index contributed by atoms with van der Waals surface area (Å²) >= 11 is 1.75. The molecule has 1 aliphatic rings. The number of rotatable bonds is 8. The van der Waals surface area contributed by atoms with Crippen molar-refractivity contribution in [1.29, 1.82) is 0 Å². The normalized spacial score (nSPS) is 20.1. The first-order chi connectivity index (χ1) is 14.4. The molecule has 0 aliphatic carbocycles. The van der Waals surface area contributed by atoms with Crippen LogP contribution in [0.25, 0.3) is 0 Å². The lowest BCUT2D eigenvalue weighted by molar-refractivity contribution is -0.0440. The number of thioether (sulfide) groups is 1. The lowest BCUT2D eigenvalue weighted by Gasteiger charge is -2.34. The Morgan fingerprint density at radius 2 is 1.70 bits per heavy atom. The third kappa shape index (κ3) is 6.07. The van der Waals surface area contributed by atoms with Crippen LogP contribution in [0.3, 0.4) is 0 Å². The van der Waals surface area contributed by atoms with Gasteiger partial charge in [0, 0.05) is 30.1 Å². The summed E-state index contributed by atoms with van der Waals surface area (Å²) < 4.78 is 32.8. The molecule has 0 aromatic heterocycles. The average Bonchev–Trinajstić information content (AvgIpc) is 2.73. The minimum Gasteiger partial charge on any atom is -0.373 e. The van der Waals surface area contributed by atoms with E-state index in [2.05, 4.69) is 17.4 Å². The van der Waals surface area contributed by atoms with E-state index in [1.807, 2.05) is 32.0 Å². The standard InChI is InChI=1S/C22H28N2O4S2/c1-17-15-24(16-18(2)28-17)30(26,27)21-11-9-19(10-12-21)22(25)23-13-6-14-29-20-7-4-3-5-8-20/h3-5,7-12,17-18H,6,13-16H2,1-2H3,(H,23,25)/t17-,18+. The fourth-order valence-electron chi connectivity index (χ4n) is 3.34. The summed E-state index contributed by atoms with van der Waals surface area (Å²) in [5.74, 6) is 0.718. The molecule has 3 rings (SSSR count). The van der Waals surface area contributed by atoms with Crippen LogP contribution < -0.4 is 5.32 Å². The van der Waals surface area contributed by atoms with Crippen molar-refractivity contribution >= 4 is 27.7 Å². The van der Waals surface area contributed by atoms with Gasteiger partial charge in [0.05, 0.1) is 17.1 Å². The number of hydrogen-bond acceptors (Lipinski definition) is 5. The first-order valence-corrected chi connectivity index (χ1v) is 12.5. The summed E-state index contributed by atoms with van der Waals surface area (Å²) in [6.45, 7) is 4.96. The lowest BCUT2D eigenvalue weighted by atomic mass is 10.2. The number of nitrogens with zero attached hydrogens (tertiary/aromatic N) is 1. The van der Waals surface area contributed by atoms with Crippen LogP contribution in [0.4, 0.5) is 0 Å². The fraction of sp³-hybridized carbons (Fsp3) is 0.409. The topological polar surface area (TPSA) is 75.7 Å². The van der Waals surface area contributed by atoms with E-state index in [-0.39, 0.29) is 23.0 Å². The second-order valence-electron chi connectivity index (χ2n) is 7.37. The van der Waals surface area contributed by atoms with Crippen LogP contribution in [0.15, 0.2) is 64.4 Å². The molecule has 30 heavy (non-hydrogen) atoms. The van der Waals surface area contributed by atoms with Crippen LogP contribution >= 0.6 is 11.8 Å². The van der Waals surface area contributed by atoms with Gasteiger partial charge in [-0.05, 0) is 62.4 Å². The zero-order chi connectivity index (χ0) is 21.6. The smallest absolute Gasteiger partial charge is 0.251 e. The van der Waals surface area contributed by atoms with Crippen LogP contribution in [0.5, 0.6) is 0 Å². The Labute approximate surface area is 183 Å². The van der Waals surface area contributed by atoms with Crippen molar-refractivity contribution in [3.8, 4) is 0 Å². The van der Waals surface area contributed by atoms with Crippen molar-refractivity contribution in [2.75, 3.05) is 25.4 Å². The summed E-state index contributed by atoms with van der Waals surface area (Å²) in [6, 6.07) is 16.3. The highest BCUT2D eigenvalue weighted by Crippen LogP contribution is 2.21. The Morgan fingerprint density at radius 1 is 1.07 bits per heavy atom. The molecule has 0 saturated carbocycles. The molecule has 0 bridgehead atoms. The number of benzene rings is 2. The maximum absolute atomic E-state index is 12.9. The number of sulfonamides is 1. The van der Waals surface area contributed by atoms with E-state index in [9.17, 15) is 13.2 Å². The minimum absolute atomic E-state index is 0.145. The second kappa shape index (κ2) is 10.4. The number of carbonyl (C=O) groups is 1. The molecule has 1 N–H and O–H groups in total. The molecule has 1 amide bonds. The van der Waals surface area contributed by atoms with Crippen molar-refractivity contribution in [3.05, 3.63) is 60.2 Å². The van der Waals surface area contributed by atoms with Crippen molar-refractivity contribution < 1.29 is 17.9 Å². The molecule has 1 saturated heterocycles. The zero-order valence-corrected chi connectivity index (χ0v) is 18.9. The molecule has 1 heterocycles. The highest BCUT2D eigenvalue weighted by molar-refractivity contribution is 7.99. The van der Waals surface area contributed by atoms with Gasteiger partial charge in [-0.2, -0.15) is 4.31 Å². The number of hydrogen-bond donors (Lipinski definition) is 1. The Balaban J connectivity index is 1.50. The molecular formula is C22H28N2O4S2. The Morgan fingerprint density at radius 3 is 2.33 bits per heavy atom. The van der Waals surface area contributed by atoms with Crippen LogP contribution in [0, 0.1) is 0 Å². The summed E-state index contributed by atoms with van der Waals surface area (Å²) in [7, 11) is -3.60. The van der Waals surface area contributed by atoms with Gasteiger partial charge in [-0.15, -0.1) is 11.8 Å². The molecule has 1 fully saturated rings. The quantitative estimate of drug-likeness (QED) is 0.495. The van der Waals surface area contributed by atoms with E-state index in [1.165, 1.54) is 21.3 Å². The Hall–Kier alpha value is -1.87. The molecule has 1 aliphatic heterocycles. The SMILES string of the molecule is C[C@@H]1CN(S(=O)(=O)c2ccc(C(=O)NCCCSc3ccccc3)cc2)C[C@H](C)O1. The molecule has 8 heteroatoms. The van der Waals surface area contributed by atoms with Gasteiger partial charge >= 0.3 is 0 Å². The number of ether oxygens (including phenoxy) is 1. The third-order valence-electron chi connectivity index (χ3n) is 4.76. The van der Waals surface area contributed by atoms with E-state index in [4.69, 9.17) is 4.74 Å². The number of morpholine rings is 1. The van der Waals surface area contributed by atoms with Crippen molar-refractivity contribution in [2.24, 2.45) is 0 Å². The zero-order valence-electron chi connectivity index (χ0n) is 17.3. The molecule has 2 aromatic rings. The minimum atomic E-state index is -3.60. The van der Waals surface area contributed by atoms with Gasteiger partial charge in [0.2, 0.25) is 10.0 Å². The summed E-state index contributed by atoms with van der Waals surface area (Å²) in [6.07, 6.45) is 0.563. The monoisotopic (exact) mass is 448 g/mol. The molecular weight excluding hydrogens is 420 g/mol. The fourth-order valence-corrected chi connectivity index (χ4v) is 5.80. The molecule has 0 spiro atoms. The largest absolute Gasteiger partial charge is 0.373 e. The number of nitrogens with one attached hydrogen (secondary N) is 1. The molecule has 2 atom stereocenters. The van der Waals surface area contributed by atoms with E-state index < -0.39 is 10.0 Å². The Bertz CT molecular complexity index is 923.